The minimum atomic E-state index is -0.112. The SMILES string of the molecule is C=C1c2[nH]c(Cl)nc2N(CCCC)C(=O)N1C. The van der Waals surface area contributed by atoms with Crippen LogP contribution >= 0.6 is 11.6 Å². The van der Waals surface area contributed by atoms with E-state index in [0.29, 0.717) is 23.8 Å². The lowest BCUT2D eigenvalue weighted by Crippen LogP contribution is -2.44. The van der Waals surface area contributed by atoms with Gasteiger partial charge in [0, 0.05) is 13.6 Å². The van der Waals surface area contributed by atoms with E-state index in [9.17, 15) is 4.79 Å². The van der Waals surface area contributed by atoms with Gasteiger partial charge in [-0.25, -0.2) is 4.79 Å². The number of aromatic nitrogens is 2. The van der Waals surface area contributed by atoms with Crippen molar-refractivity contribution in [2.24, 2.45) is 0 Å². The van der Waals surface area contributed by atoms with Gasteiger partial charge in [-0.05, 0) is 18.0 Å². The highest BCUT2D eigenvalue weighted by Gasteiger charge is 2.33. The molecule has 1 aromatic heterocycles. The summed E-state index contributed by atoms with van der Waals surface area (Å²) in [5.74, 6) is 0.580. The fourth-order valence-electron chi connectivity index (χ4n) is 1.80. The number of rotatable bonds is 3. The third-order valence-electron chi connectivity index (χ3n) is 2.86. The summed E-state index contributed by atoms with van der Waals surface area (Å²) in [5.41, 5.74) is 1.31. The summed E-state index contributed by atoms with van der Waals surface area (Å²) in [6.45, 7) is 6.58. The number of hydrogen-bond acceptors (Lipinski definition) is 2. The molecule has 0 saturated heterocycles. The van der Waals surface area contributed by atoms with Crippen molar-refractivity contribution in [3.05, 3.63) is 17.6 Å². The number of carbonyl (C=O) groups excluding carboxylic acids is 1. The first-order valence-electron chi connectivity index (χ1n) is 5.56. The second-order valence-corrected chi connectivity index (χ2v) is 4.38. The molecule has 1 aliphatic rings. The molecule has 0 aliphatic carbocycles. The number of halogens is 1. The summed E-state index contributed by atoms with van der Waals surface area (Å²) in [6, 6.07) is -0.112. The van der Waals surface area contributed by atoms with Crippen LogP contribution in [0.5, 0.6) is 0 Å². The number of urea groups is 1. The number of hydrogen-bond donors (Lipinski definition) is 1. The standard InChI is InChI=1S/C11H15ClN4O/c1-4-5-6-16-9-8(13-10(12)14-9)7(2)15(3)11(16)17/h2,4-6H2,1,3H3,(H,13,14). The lowest BCUT2D eigenvalue weighted by atomic mass is 10.2. The van der Waals surface area contributed by atoms with Gasteiger partial charge < -0.3 is 4.98 Å². The third kappa shape index (κ3) is 1.91. The number of fused-ring (bicyclic) bond motifs is 1. The smallest absolute Gasteiger partial charge is 0.326 e. The maximum atomic E-state index is 12.1. The van der Waals surface area contributed by atoms with Crippen LogP contribution in [0.2, 0.25) is 5.28 Å². The topological polar surface area (TPSA) is 52.2 Å². The fraction of sp³-hybridized carbons (Fsp3) is 0.455. The van der Waals surface area contributed by atoms with Crippen molar-refractivity contribution in [2.45, 2.75) is 19.8 Å². The number of nitrogens with one attached hydrogen (secondary N) is 1. The number of amides is 2. The van der Waals surface area contributed by atoms with Crippen LogP contribution in [0, 0.1) is 0 Å². The van der Waals surface area contributed by atoms with E-state index in [-0.39, 0.29) is 11.3 Å². The lowest BCUT2D eigenvalue weighted by Gasteiger charge is -2.33. The van der Waals surface area contributed by atoms with Crippen LogP contribution in [0.4, 0.5) is 10.6 Å². The monoisotopic (exact) mass is 254 g/mol. The molecule has 1 aromatic rings. The first-order valence-corrected chi connectivity index (χ1v) is 5.94. The van der Waals surface area contributed by atoms with Gasteiger partial charge in [-0.15, -0.1) is 0 Å². The zero-order chi connectivity index (χ0) is 12.6. The number of imidazole rings is 1. The van der Waals surface area contributed by atoms with Crippen LogP contribution in [0.1, 0.15) is 25.5 Å². The molecule has 2 heterocycles. The highest BCUT2D eigenvalue weighted by atomic mass is 35.5. The number of carbonyl (C=O) groups is 1. The van der Waals surface area contributed by atoms with E-state index in [2.05, 4.69) is 23.5 Å². The van der Waals surface area contributed by atoms with Crippen molar-refractivity contribution in [1.29, 1.82) is 0 Å². The van der Waals surface area contributed by atoms with Crippen molar-refractivity contribution < 1.29 is 4.79 Å². The van der Waals surface area contributed by atoms with E-state index < -0.39 is 0 Å². The van der Waals surface area contributed by atoms with Crippen molar-refractivity contribution in [1.82, 2.24) is 14.9 Å². The van der Waals surface area contributed by atoms with E-state index >= 15 is 0 Å². The Hall–Kier alpha value is -1.49. The molecule has 0 spiro atoms. The summed E-state index contributed by atoms with van der Waals surface area (Å²) in [4.78, 5) is 22.3. The summed E-state index contributed by atoms with van der Waals surface area (Å²) in [6.07, 6.45) is 1.94. The van der Waals surface area contributed by atoms with Crippen molar-refractivity contribution >= 4 is 29.1 Å². The van der Waals surface area contributed by atoms with Gasteiger partial charge in [0.2, 0.25) is 5.28 Å². The zero-order valence-corrected chi connectivity index (χ0v) is 10.7. The van der Waals surface area contributed by atoms with Crippen LogP contribution in [-0.4, -0.2) is 34.5 Å². The van der Waals surface area contributed by atoms with Crippen LogP contribution in [0.25, 0.3) is 5.70 Å². The summed E-state index contributed by atoms with van der Waals surface area (Å²) in [5, 5.41) is 0.278. The first-order chi connectivity index (χ1) is 8.06. The largest absolute Gasteiger partial charge is 0.329 e. The molecule has 5 nitrogen and oxygen atoms in total. The maximum absolute atomic E-state index is 12.1. The Kier molecular flexibility index (Phi) is 3.11. The molecule has 0 saturated carbocycles. The van der Waals surface area contributed by atoms with Crippen molar-refractivity contribution in [3.8, 4) is 0 Å². The second kappa shape index (κ2) is 4.41. The number of aromatic amines is 1. The molecule has 0 unspecified atom stereocenters. The van der Waals surface area contributed by atoms with Gasteiger partial charge in [0.1, 0.15) is 5.69 Å². The van der Waals surface area contributed by atoms with Gasteiger partial charge in [0.25, 0.3) is 0 Å². The summed E-state index contributed by atoms with van der Waals surface area (Å²) < 4.78 is 0. The van der Waals surface area contributed by atoms with Gasteiger partial charge in [0.15, 0.2) is 5.82 Å². The van der Waals surface area contributed by atoms with Crippen LogP contribution in [0.15, 0.2) is 6.58 Å². The Morgan fingerprint density at radius 1 is 1.53 bits per heavy atom. The molecule has 17 heavy (non-hydrogen) atoms. The number of unbranched alkanes of at least 4 members (excludes halogenated alkanes) is 1. The van der Waals surface area contributed by atoms with Crippen molar-refractivity contribution in [2.75, 3.05) is 18.5 Å². The molecule has 92 valence electrons. The predicted octanol–water partition coefficient (Wildman–Crippen LogP) is 2.71. The molecular weight excluding hydrogens is 240 g/mol. The Morgan fingerprint density at radius 2 is 2.24 bits per heavy atom. The molecule has 2 rings (SSSR count). The van der Waals surface area contributed by atoms with Gasteiger partial charge in [-0.2, -0.15) is 4.98 Å². The van der Waals surface area contributed by atoms with E-state index in [1.165, 1.54) is 4.90 Å². The Morgan fingerprint density at radius 3 is 2.88 bits per heavy atom. The quantitative estimate of drug-likeness (QED) is 0.902. The number of H-pyrrole nitrogens is 1. The van der Waals surface area contributed by atoms with Gasteiger partial charge >= 0.3 is 6.03 Å². The normalized spacial score (nSPS) is 15.5. The minimum Gasteiger partial charge on any atom is -0.326 e. The number of nitrogens with zero attached hydrogens (tertiary/aromatic N) is 3. The van der Waals surface area contributed by atoms with Crippen LogP contribution in [-0.2, 0) is 0 Å². The average molecular weight is 255 g/mol. The first kappa shape index (κ1) is 12.0. The Balaban J connectivity index is 2.41. The molecule has 0 radical (unpaired) electrons. The zero-order valence-electron chi connectivity index (χ0n) is 9.96. The van der Waals surface area contributed by atoms with E-state index in [1.54, 1.807) is 11.9 Å². The third-order valence-corrected chi connectivity index (χ3v) is 3.04. The molecule has 0 aromatic carbocycles. The van der Waals surface area contributed by atoms with Crippen LogP contribution in [0.3, 0.4) is 0 Å². The Labute approximate surface area is 105 Å². The van der Waals surface area contributed by atoms with Crippen LogP contribution < -0.4 is 4.90 Å². The molecule has 2 amide bonds. The molecule has 0 atom stereocenters. The summed E-state index contributed by atoms with van der Waals surface area (Å²) in [7, 11) is 1.70. The molecule has 1 N–H and O–H groups in total. The fourth-order valence-corrected chi connectivity index (χ4v) is 1.98. The molecule has 0 fully saturated rings. The Bertz CT molecular complexity index is 468. The highest BCUT2D eigenvalue weighted by Crippen LogP contribution is 2.33. The molecular formula is C11H15ClN4O. The lowest BCUT2D eigenvalue weighted by molar-refractivity contribution is 0.229. The molecule has 1 aliphatic heterocycles. The van der Waals surface area contributed by atoms with E-state index in [1.807, 2.05) is 0 Å². The van der Waals surface area contributed by atoms with Crippen molar-refractivity contribution in [3.63, 3.8) is 0 Å². The molecule has 0 bridgehead atoms. The highest BCUT2D eigenvalue weighted by molar-refractivity contribution is 6.28. The predicted molar refractivity (Wildman–Crippen MR) is 68.0 cm³/mol. The average Bonchev–Trinajstić information content (AvgIpc) is 2.68. The van der Waals surface area contributed by atoms with Gasteiger partial charge in [0.05, 0.1) is 5.70 Å². The minimum absolute atomic E-state index is 0.112. The van der Waals surface area contributed by atoms with E-state index in [0.717, 1.165) is 12.8 Å². The number of anilines is 1. The molecule has 6 heteroatoms. The summed E-state index contributed by atoms with van der Waals surface area (Å²) >= 11 is 5.85. The van der Waals surface area contributed by atoms with Gasteiger partial charge in [-0.1, -0.05) is 19.9 Å². The van der Waals surface area contributed by atoms with E-state index in [4.69, 9.17) is 11.6 Å². The second-order valence-electron chi connectivity index (χ2n) is 4.02. The maximum Gasteiger partial charge on any atom is 0.329 e. The van der Waals surface area contributed by atoms with Gasteiger partial charge in [-0.3, -0.25) is 9.80 Å².